The number of carboxylic acids is 1. The third-order valence-electron chi connectivity index (χ3n) is 4.69. The van der Waals surface area contributed by atoms with Crippen LogP contribution in [0.2, 0.25) is 0 Å². The highest BCUT2D eigenvalue weighted by molar-refractivity contribution is 5.96. The van der Waals surface area contributed by atoms with Gasteiger partial charge in [-0.15, -0.1) is 0 Å². The first-order chi connectivity index (χ1) is 12.4. The van der Waals surface area contributed by atoms with E-state index in [1.54, 1.807) is 33.3 Å². The van der Waals surface area contributed by atoms with E-state index in [2.05, 4.69) is 5.32 Å². The van der Waals surface area contributed by atoms with Crippen LogP contribution in [0.4, 0.5) is 5.69 Å². The van der Waals surface area contributed by atoms with Crippen molar-refractivity contribution in [3.63, 3.8) is 0 Å². The minimum absolute atomic E-state index is 0.0812. The van der Waals surface area contributed by atoms with E-state index in [-0.39, 0.29) is 23.3 Å². The van der Waals surface area contributed by atoms with Crippen LogP contribution < -0.4 is 14.8 Å². The molecule has 2 atom stereocenters. The molecule has 1 fully saturated rings. The van der Waals surface area contributed by atoms with Gasteiger partial charge in [-0.1, -0.05) is 0 Å². The molecule has 0 aliphatic heterocycles. The Bertz CT molecular complexity index is 861. The van der Waals surface area contributed by atoms with E-state index in [1.165, 1.54) is 6.07 Å². The fourth-order valence-electron chi connectivity index (χ4n) is 3.17. The molecule has 2 aromatic carbocycles. The lowest BCUT2D eigenvalue weighted by Crippen LogP contribution is -2.15. The second-order valence-corrected chi connectivity index (χ2v) is 6.38. The molecule has 26 heavy (non-hydrogen) atoms. The average molecular weight is 355 g/mol. The minimum Gasteiger partial charge on any atom is -0.497 e. The summed E-state index contributed by atoms with van der Waals surface area (Å²) in [6, 6.07) is 10.4. The molecule has 1 saturated carbocycles. The summed E-state index contributed by atoms with van der Waals surface area (Å²) in [5, 5.41) is 12.0. The van der Waals surface area contributed by atoms with E-state index in [4.69, 9.17) is 14.6 Å². The number of carbonyl (C=O) groups is 2. The summed E-state index contributed by atoms with van der Waals surface area (Å²) in [6.45, 7) is 1.71. The molecule has 1 aliphatic rings. The smallest absolute Gasteiger partial charge is 0.335 e. The Kier molecular flexibility index (Phi) is 4.84. The van der Waals surface area contributed by atoms with Crippen LogP contribution in [0.15, 0.2) is 36.4 Å². The zero-order valence-corrected chi connectivity index (χ0v) is 14.9. The first-order valence-corrected chi connectivity index (χ1v) is 8.31. The fourth-order valence-corrected chi connectivity index (χ4v) is 3.17. The van der Waals surface area contributed by atoms with Crippen LogP contribution in [-0.2, 0) is 4.79 Å². The summed E-state index contributed by atoms with van der Waals surface area (Å²) in [6.07, 6.45) is 0.738. The molecule has 6 nitrogen and oxygen atoms in total. The van der Waals surface area contributed by atoms with Crippen molar-refractivity contribution < 1.29 is 24.2 Å². The van der Waals surface area contributed by atoms with E-state index in [1.807, 2.05) is 18.2 Å². The fraction of sp³-hybridized carbons (Fsp3) is 0.300. The summed E-state index contributed by atoms with van der Waals surface area (Å²) in [5.41, 5.74) is 2.40. The number of methoxy groups -OCH3 is 2. The number of benzene rings is 2. The molecule has 1 amide bonds. The Morgan fingerprint density at radius 3 is 2.50 bits per heavy atom. The molecule has 0 saturated heterocycles. The molecule has 2 unspecified atom stereocenters. The van der Waals surface area contributed by atoms with Crippen molar-refractivity contribution in [3.8, 4) is 11.5 Å². The van der Waals surface area contributed by atoms with Crippen molar-refractivity contribution in [2.24, 2.45) is 5.92 Å². The molecular weight excluding hydrogens is 334 g/mol. The summed E-state index contributed by atoms with van der Waals surface area (Å²) >= 11 is 0. The quantitative estimate of drug-likeness (QED) is 0.829. The maximum atomic E-state index is 12.5. The zero-order valence-electron chi connectivity index (χ0n) is 14.9. The molecule has 2 aromatic rings. The largest absolute Gasteiger partial charge is 0.497 e. The van der Waals surface area contributed by atoms with E-state index in [0.29, 0.717) is 11.3 Å². The Labute approximate surface area is 151 Å². The number of carboxylic acid groups (broad SMARTS) is 1. The van der Waals surface area contributed by atoms with Gasteiger partial charge >= 0.3 is 5.97 Å². The predicted molar refractivity (Wildman–Crippen MR) is 97.2 cm³/mol. The van der Waals surface area contributed by atoms with Crippen LogP contribution >= 0.6 is 0 Å². The van der Waals surface area contributed by atoms with Gasteiger partial charge in [0.2, 0.25) is 5.91 Å². The number of hydrogen-bond donors (Lipinski definition) is 2. The molecule has 0 radical (unpaired) electrons. The van der Waals surface area contributed by atoms with Crippen LogP contribution in [0.5, 0.6) is 11.5 Å². The average Bonchev–Trinajstić information content (AvgIpc) is 3.41. The molecule has 1 aliphatic carbocycles. The number of amides is 1. The monoisotopic (exact) mass is 355 g/mol. The van der Waals surface area contributed by atoms with Gasteiger partial charge in [-0.3, -0.25) is 4.79 Å². The number of carbonyl (C=O) groups excluding carboxylic acids is 1. The highest BCUT2D eigenvalue weighted by Crippen LogP contribution is 2.51. The molecule has 0 heterocycles. The normalized spacial score (nSPS) is 18.1. The van der Waals surface area contributed by atoms with Crippen LogP contribution in [0.3, 0.4) is 0 Å². The Balaban J connectivity index is 1.72. The predicted octanol–water partition coefficient (Wildman–Crippen LogP) is 3.45. The molecule has 0 bridgehead atoms. The lowest BCUT2D eigenvalue weighted by atomic mass is 10.1. The number of anilines is 1. The summed E-state index contributed by atoms with van der Waals surface area (Å²) < 4.78 is 10.7. The van der Waals surface area contributed by atoms with Crippen molar-refractivity contribution in [3.05, 3.63) is 53.1 Å². The highest BCUT2D eigenvalue weighted by atomic mass is 16.5. The lowest BCUT2D eigenvalue weighted by molar-refractivity contribution is -0.117. The van der Waals surface area contributed by atoms with E-state index >= 15 is 0 Å². The van der Waals surface area contributed by atoms with Crippen molar-refractivity contribution in [2.45, 2.75) is 19.3 Å². The SMILES string of the molecule is COc1ccc(OC)c(C2CC2C(=O)Nc2ccc(C(=O)O)c(C)c2)c1. The molecule has 0 spiro atoms. The second-order valence-electron chi connectivity index (χ2n) is 6.38. The number of aryl methyl sites for hydroxylation is 1. The van der Waals surface area contributed by atoms with Crippen LogP contribution in [0.1, 0.15) is 33.8 Å². The maximum absolute atomic E-state index is 12.5. The molecular formula is C20H21NO5. The van der Waals surface area contributed by atoms with Gasteiger partial charge in [0.15, 0.2) is 0 Å². The maximum Gasteiger partial charge on any atom is 0.335 e. The van der Waals surface area contributed by atoms with E-state index in [9.17, 15) is 9.59 Å². The van der Waals surface area contributed by atoms with Crippen molar-refractivity contribution >= 4 is 17.6 Å². The Hall–Kier alpha value is -3.02. The van der Waals surface area contributed by atoms with Gasteiger partial charge in [-0.05, 0) is 55.3 Å². The van der Waals surface area contributed by atoms with Gasteiger partial charge < -0.3 is 19.9 Å². The molecule has 2 N–H and O–H groups in total. The standard InChI is InChI=1S/C20H21NO5/c1-11-8-12(4-6-14(11)20(23)24)21-19(22)17-10-15(17)16-9-13(25-2)5-7-18(16)26-3/h4-9,15,17H,10H2,1-3H3,(H,21,22)(H,23,24). The van der Waals surface area contributed by atoms with Crippen LogP contribution in [0.25, 0.3) is 0 Å². The summed E-state index contributed by atoms with van der Waals surface area (Å²) in [5.74, 6) is 0.351. The second kappa shape index (κ2) is 7.07. The minimum atomic E-state index is -0.979. The van der Waals surface area contributed by atoms with Crippen molar-refractivity contribution in [1.82, 2.24) is 0 Å². The number of rotatable bonds is 6. The number of hydrogen-bond acceptors (Lipinski definition) is 4. The van der Waals surface area contributed by atoms with Gasteiger partial charge in [0.25, 0.3) is 0 Å². The first kappa shape index (κ1) is 17.8. The Morgan fingerprint density at radius 2 is 1.88 bits per heavy atom. The topological polar surface area (TPSA) is 84.9 Å². The van der Waals surface area contributed by atoms with Gasteiger partial charge in [-0.25, -0.2) is 4.79 Å². The van der Waals surface area contributed by atoms with Gasteiger partial charge in [0.1, 0.15) is 11.5 Å². The third kappa shape index (κ3) is 3.49. The Morgan fingerprint density at radius 1 is 1.12 bits per heavy atom. The van der Waals surface area contributed by atoms with E-state index < -0.39 is 5.97 Å². The van der Waals surface area contributed by atoms with Gasteiger partial charge in [0, 0.05) is 23.1 Å². The highest BCUT2D eigenvalue weighted by Gasteiger charge is 2.45. The first-order valence-electron chi connectivity index (χ1n) is 8.31. The number of nitrogens with one attached hydrogen (secondary N) is 1. The summed E-state index contributed by atoms with van der Waals surface area (Å²) in [7, 11) is 3.21. The van der Waals surface area contributed by atoms with E-state index in [0.717, 1.165) is 23.5 Å². The number of aromatic carboxylic acids is 1. The van der Waals surface area contributed by atoms with Gasteiger partial charge in [-0.2, -0.15) is 0 Å². The third-order valence-corrected chi connectivity index (χ3v) is 4.69. The van der Waals surface area contributed by atoms with Crippen LogP contribution in [0, 0.1) is 12.8 Å². The zero-order chi connectivity index (χ0) is 18.8. The van der Waals surface area contributed by atoms with Crippen molar-refractivity contribution in [2.75, 3.05) is 19.5 Å². The van der Waals surface area contributed by atoms with Crippen LogP contribution in [-0.4, -0.2) is 31.2 Å². The van der Waals surface area contributed by atoms with Gasteiger partial charge in [0.05, 0.1) is 19.8 Å². The molecule has 3 rings (SSSR count). The molecule has 0 aromatic heterocycles. The lowest BCUT2D eigenvalue weighted by Gasteiger charge is -2.11. The molecule has 6 heteroatoms. The number of ether oxygens (including phenoxy) is 2. The van der Waals surface area contributed by atoms with Crippen molar-refractivity contribution in [1.29, 1.82) is 0 Å². The molecule has 136 valence electrons. The summed E-state index contributed by atoms with van der Waals surface area (Å²) in [4.78, 5) is 23.6.